The molecule has 3 aromatic carbocycles. The predicted molar refractivity (Wildman–Crippen MR) is 130 cm³/mol. The van der Waals surface area contributed by atoms with Crippen LogP contribution in [0.15, 0.2) is 76.7 Å². The summed E-state index contributed by atoms with van der Waals surface area (Å²) in [6, 6.07) is 22.0. The Hall–Kier alpha value is -3.12. The zero-order chi connectivity index (χ0) is 22.1. The third-order valence-corrected chi connectivity index (χ3v) is 6.98. The smallest absolute Gasteiger partial charge is 0.262 e. The molecule has 4 aromatic rings. The number of fused-ring (bicyclic) bond motifs is 2. The fourth-order valence-electron chi connectivity index (χ4n) is 4.19. The number of carbonyl (C=O) groups is 1. The normalized spacial score (nSPS) is 14.5. The van der Waals surface area contributed by atoms with Gasteiger partial charge in [0.1, 0.15) is 0 Å². The fourth-order valence-corrected chi connectivity index (χ4v) is 5.06. The molecule has 6 heteroatoms. The summed E-state index contributed by atoms with van der Waals surface area (Å²) in [7, 11) is 0. The molecule has 0 aliphatic heterocycles. The first-order valence-electron chi connectivity index (χ1n) is 11.0. The molecule has 5 nitrogen and oxygen atoms in total. The van der Waals surface area contributed by atoms with E-state index in [9.17, 15) is 9.59 Å². The van der Waals surface area contributed by atoms with Crippen molar-refractivity contribution >= 4 is 39.3 Å². The quantitative estimate of drug-likeness (QED) is 0.250. The first-order chi connectivity index (χ1) is 15.6. The van der Waals surface area contributed by atoms with Crippen molar-refractivity contribution in [2.24, 2.45) is 5.92 Å². The molecule has 5 rings (SSSR count). The summed E-state index contributed by atoms with van der Waals surface area (Å²) in [6.07, 6.45) is 2.28. The van der Waals surface area contributed by atoms with Crippen molar-refractivity contribution in [2.75, 3.05) is 5.75 Å². The lowest BCUT2D eigenvalue weighted by Gasteiger charge is -2.19. The van der Waals surface area contributed by atoms with Crippen LogP contribution >= 0.6 is 11.8 Å². The molecule has 32 heavy (non-hydrogen) atoms. The van der Waals surface area contributed by atoms with Crippen LogP contribution in [0.5, 0.6) is 0 Å². The van der Waals surface area contributed by atoms with Crippen LogP contribution in [0.1, 0.15) is 31.4 Å². The predicted octanol–water partition coefficient (Wildman–Crippen LogP) is 4.93. The van der Waals surface area contributed by atoms with E-state index in [1.807, 2.05) is 61.5 Å². The molecule has 1 aliphatic carbocycles. The molecule has 0 spiro atoms. The van der Waals surface area contributed by atoms with Crippen LogP contribution in [-0.2, 0) is 11.3 Å². The van der Waals surface area contributed by atoms with Gasteiger partial charge in [0, 0.05) is 6.54 Å². The van der Waals surface area contributed by atoms with Crippen molar-refractivity contribution in [3.8, 4) is 0 Å². The number of hydrogen-bond acceptors (Lipinski definition) is 4. The summed E-state index contributed by atoms with van der Waals surface area (Å²) in [5.41, 5.74) is 1.75. The summed E-state index contributed by atoms with van der Waals surface area (Å²) in [5, 5.41) is 6.46. The lowest BCUT2D eigenvalue weighted by molar-refractivity contribution is -0.119. The van der Waals surface area contributed by atoms with Crippen LogP contribution in [0.4, 0.5) is 0 Å². The molecule has 0 bridgehead atoms. The molecule has 1 aliphatic rings. The van der Waals surface area contributed by atoms with Gasteiger partial charge in [0.25, 0.3) is 5.56 Å². The van der Waals surface area contributed by atoms with Crippen LogP contribution in [0.25, 0.3) is 21.7 Å². The standard InChI is InChI=1S/C26H25N3O2S/c1-2-29-25(31)21-14-19-10-6-7-11-20(19)15-22(21)27-26(29)32-16-23(30)28-24(18-12-13-18)17-8-4-3-5-9-17/h3-11,14-15,18,24H,2,12-13,16H2,1H3,(H,28,30). The van der Waals surface area contributed by atoms with E-state index < -0.39 is 0 Å². The van der Waals surface area contributed by atoms with Gasteiger partial charge in [-0.25, -0.2) is 4.98 Å². The number of hydrogen-bond donors (Lipinski definition) is 1. The molecular formula is C26H25N3O2S. The van der Waals surface area contributed by atoms with Gasteiger partial charge in [0.2, 0.25) is 5.91 Å². The first kappa shape index (κ1) is 20.8. The Labute approximate surface area is 190 Å². The number of rotatable bonds is 7. The van der Waals surface area contributed by atoms with Gasteiger partial charge in [0.05, 0.1) is 22.7 Å². The average Bonchev–Trinajstić information content (AvgIpc) is 3.66. The van der Waals surface area contributed by atoms with E-state index in [1.54, 1.807) is 4.57 Å². The van der Waals surface area contributed by atoms with E-state index in [-0.39, 0.29) is 23.3 Å². The van der Waals surface area contributed by atoms with Crippen molar-refractivity contribution in [1.29, 1.82) is 0 Å². The van der Waals surface area contributed by atoms with Crippen molar-refractivity contribution in [3.05, 3.63) is 82.6 Å². The molecule has 1 atom stereocenters. The molecule has 162 valence electrons. The molecule has 1 fully saturated rings. The van der Waals surface area contributed by atoms with Crippen molar-refractivity contribution in [2.45, 2.75) is 37.5 Å². The highest BCUT2D eigenvalue weighted by Gasteiger charge is 2.33. The van der Waals surface area contributed by atoms with Gasteiger partial charge in [0.15, 0.2) is 5.16 Å². The van der Waals surface area contributed by atoms with Gasteiger partial charge in [-0.1, -0.05) is 66.4 Å². The van der Waals surface area contributed by atoms with Crippen LogP contribution in [0, 0.1) is 5.92 Å². The number of nitrogens with zero attached hydrogens (tertiary/aromatic N) is 2. The Morgan fingerprint density at radius 3 is 2.47 bits per heavy atom. The largest absolute Gasteiger partial charge is 0.348 e. The minimum atomic E-state index is -0.0636. The Morgan fingerprint density at radius 1 is 1.09 bits per heavy atom. The van der Waals surface area contributed by atoms with Gasteiger partial charge < -0.3 is 5.32 Å². The van der Waals surface area contributed by atoms with Crippen LogP contribution in [0.3, 0.4) is 0 Å². The number of amides is 1. The molecule has 0 saturated heterocycles. The number of aromatic nitrogens is 2. The van der Waals surface area contributed by atoms with Crippen molar-refractivity contribution in [3.63, 3.8) is 0 Å². The van der Waals surface area contributed by atoms with E-state index in [0.29, 0.717) is 28.5 Å². The molecule has 1 saturated carbocycles. The van der Waals surface area contributed by atoms with Gasteiger partial charge in [-0.05, 0) is 54.2 Å². The zero-order valence-electron chi connectivity index (χ0n) is 18.0. The van der Waals surface area contributed by atoms with Crippen LogP contribution in [0.2, 0.25) is 0 Å². The second kappa shape index (κ2) is 8.79. The van der Waals surface area contributed by atoms with Crippen LogP contribution < -0.4 is 10.9 Å². The Balaban J connectivity index is 1.39. The number of benzene rings is 3. The maximum Gasteiger partial charge on any atom is 0.262 e. The molecule has 1 N–H and O–H groups in total. The van der Waals surface area contributed by atoms with E-state index in [4.69, 9.17) is 4.98 Å². The second-order valence-electron chi connectivity index (χ2n) is 8.24. The summed E-state index contributed by atoms with van der Waals surface area (Å²) >= 11 is 1.32. The highest BCUT2D eigenvalue weighted by molar-refractivity contribution is 7.99. The zero-order valence-corrected chi connectivity index (χ0v) is 18.8. The van der Waals surface area contributed by atoms with E-state index in [1.165, 1.54) is 11.8 Å². The number of thioether (sulfide) groups is 1. The average molecular weight is 444 g/mol. The van der Waals surface area contributed by atoms with E-state index in [2.05, 4.69) is 17.4 Å². The second-order valence-corrected chi connectivity index (χ2v) is 9.18. The fraction of sp³-hybridized carbons (Fsp3) is 0.269. The minimum Gasteiger partial charge on any atom is -0.348 e. The first-order valence-corrected chi connectivity index (χ1v) is 12.0. The van der Waals surface area contributed by atoms with Gasteiger partial charge in [-0.15, -0.1) is 0 Å². The summed E-state index contributed by atoms with van der Waals surface area (Å²) in [6.45, 7) is 2.44. The third-order valence-electron chi connectivity index (χ3n) is 6.00. The van der Waals surface area contributed by atoms with E-state index >= 15 is 0 Å². The summed E-state index contributed by atoms with van der Waals surface area (Å²) < 4.78 is 1.66. The summed E-state index contributed by atoms with van der Waals surface area (Å²) in [5.74, 6) is 0.695. The maximum atomic E-state index is 13.1. The molecule has 1 heterocycles. The third kappa shape index (κ3) is 4.15. The monoisotopic (exact) mass is 443 g/mol. The van der Waals surface area contributed by atoms with E-state index in [0.717, 1.165) is 29.2 Å². The lowest BCUT2D eigenvalue weighted by Crippen LogP contribution is -2.31. The van der Waals surface area contributed by atoms with Crippen molar-refractivity contribution < 1.29 is 4.79 Å². The van der Waals surface area contributed by atoms with Gasteiger partial charge >= 0.3 is 0 Å². The van der Waals surface area contributed by atoms with Gasteiger partial charge in [-0.3, -0.25) is 14.2 Å². The summed E-state index contributed by atoms with van der Waals surface area (Å²) in [4.78, 5) is 30.7. The molecule has 1 aromatic heterocycles. The molecule has 0 radical (unpaired) electrons. The number of nitrogens with one attached hydrogen (secondary N) is 1. The molecule has 1 amide bonds. The SMILES string of the molecule is CCn1c(SCC(=O)NC(c2ccccc2)C2CC2)nc2cc3ccccc3cc2c1=O. The van der Waals surface area contributed by atoms with Crippen molar-refractivity contribution in [1.82, 2.24) is 14.9 Å². The Morgan fingerprint density at radius 2 is 1.78 bits per heavy atom. The lowest BCUT2D eigenvalue weighted by atomic mass is 10.0. The topological polar surface area (TPSA) is 64.0 Å². The van der Waals surface area contributed by atoms with Gasteiger partial charge in [-0.2, -0.15) is 0 Å². The van der Waals surface area contributed by atoms with Crippen LogP contribution in [-0.4, -0.2) is 21.2 Å². The highest BCUT2D eigenvalue weighted by Crippen LogP contribution is 2.41. The Kier molecular flexibility index (Phi) is 5.70. The maximum absolute atomic E-state index is 13.1. The number of carbonyl (C=O) groups excluding carboxylic acids is 1. The highest BCUT2D eigenvalue weighted by atomic mass is 32.2. The minimum absolute atomic E-state index is 0.0359. The molecular weight excluding hydrogens is 418 g/mol. The Bertz CT molecular complexity index is 1350. The molecule has 1 unspecified atom stereocenters.